The molecule has 0 radical (unpaired) electrons. The summed E-state index contributed by atoms with van der Waals surface area (Å²) in [5.74, 6) is 1.35. The molecule has 1 N–H and O–H groups in total. The number of hydrogen-bond donors (Lipinski definition) is 1. The first-order valence-corrected chi connectivity index (χ1v) is 11.4. The molecule has 1 amide bonds. The maximum atomic E-state index is 13.1. The van der Waals surface area contributed by atoms with E-state index in [2.05, 4.69) is 15.3 Å². The van der Waals surface area contributed by atoms with E-state index in [-0.39, 0.29) is 30.1 Å². The van der Waals surface area contributed by atoms with Gasteiger partial charge in [-0.1, -0.05) is 17.8 Å². The summed E-state index contributed by atoms with van der Waals surface area (Å²) in [6.45, 7) is 1.69. The summed E-state index contributed by atoms with van der Waals surface area (Å²) in [7, 11) is 0. The van der Waals surface area contributed by atoms with Crippen LogP contribution in [0.25, 0.3) is 11.0 Å². The Balaban J connectivity index is 1.28. The van der Waals surface area contributed by atoms with Crippen LogP contribution in [0.4, 0.5) is 0 Å². The van der Waals surface area contributed by atoms with E-state index in [1.807, 2.05) is 18.2 Å². The normalized spacial score (nSPS) is 17.1. The second-order valence-electron chi connectivity index (χ2n) is 7.57. The number of fused-ring (bicyclic) bond motifs is 2. The minimum absolute atomic E-state index is 0.0252. The van der Waals surface area contributed by atoms with Crippen molar-refractivity contribution >= 4 is 28.7 Å². The smallest absolute Gasteiger partial charge is 0.263 e. The fourth-order valence-corrected chi connectivity index (χ4v) is 4.56. The number of amides is 1. The van der Waals surface area contributed by atoms with E-state index in [0.29, 0.717) is 47.4 Å². The first-order chi connectivity index (χ1) is 15.7. The van der Waals surface area contributed by atoms with E-state index in [4.69, 9.17) is 14.2 Å². The molecule has 5 rings (SSSR count). The van der Waals surface area contributed by atoms with Gasteiger partial charge in [-0.15, -0.1) is 0 Å². The Morgan fingerprint density at radius 2 is 2.16 bits per heavy atom. The van der Waals surface area contributed by atoms with Crippen molar-refractivity contribution in [2.75, 3.05) is 19.2 Å². The zero-order valence-corrected chi connectivity index (χ0v) is 18.1. The lowest BCUT2D eigenvalue weighted by atomic mass is 10.2. The zero-order chi connectivity index (χ0) is 21.9. The highest BCUT2D eigenvalue weighted by Crippen LogP contribution is 2.32. The predicted molar refractivity (Wildman–Crippen MR) is 118 cm³/mol. The SMILES string of the molecule is O=C(CSc1nc2ncccc2c(=O)n1CC1CCCO1)NCc1ccc2c(c1)OCO2. The molecule has 0 saturated carbocycles. The van der Waals surface area contributed by atoms with E-state index < -0.39 is 0 Å². The topological polar surface area (TPSA) is 105 Å². The van der Waals surface area contributed by atoms with Gasteiger partial charge in [-0.05, 0) is 42.7 Å². The highest BCUT2D eigenvalue weighted by Gasteiger charge is 2.21. The first kappa shape index (κ1) is 20.8. The number of aromatic nitrogens is 3. The quantitative estimate of drug-likeness (QED) is 0.428. The number of ether oxygens (including phenoxy) is 3. The third-order valence-corrected chi connectivity index (χ3v) is 6.34. The van der Waals surface area contributed by atoms with E-state index in [1.165, 1.54) is 11.8 Å². The molecule has 3 aromatic rings. The monoisotopic (exact) mass is 454 g/mol. The van der Waals surface area contributed by atoms with Crippen LogP contribution in [0.3, 0.4) is 0 Å². The molecule has 10 heteroatoms. The lowest BCUT2D eigenvalue weighted by Crippen LogP contribution is -2.30. The molecule has 0 spiro atoms. The molecule has 1 unspecified atom stereocenters. The number of rotatable bonds is 7. The fourth-order valence-electron chi connectivity index (χ4n) is 3.73. The molecule has 0 bridgehead atoms. The number of hydrogen-bond acceptors (Lipinski definition) is 8. The van der Waals surface area contributed by atoms with Crippen molar-refractivity contribution in [1.82, 2.24) is 19.9 Å². The largest absolute Gasteiger partial charge is 0.454 e. The highest BCUT2D eigenvalue weighted by molar-refractivity contribution is 7.99. The molecule has 4 heterocycles. The Morgan fingerprint density at radius 1 is 1.25 bits per heavy atom. The van der Waals surface area contributed by atoms with E-state index >= 15 is 0 Å². The summed E-state index contributed by atoms with van der Waals surface area (Å²) in [5.41, 5.74) is 1.13. The van der Waals surface area contributed by atoms with Crippen LogP contribution in [0.2, 0.25) is 0 Å². The maximum Gasteiger partial charge on any atom is 0.263 e. The van der Waals surface area contributed by atoms with E-state index in [0.717, 1.165) is 18.4 Å². The average molecular weight is 455 g/mol. The van der Waals surface area contributed by atoms with Crippen LogP contribution in [-0.2, 0) is 22.6 Å². The van der Waals surface area contributed by atoms with Gasteiger partial charge in [0.2, 0.25) is 12.7 Å². The molecule has 2 aromatic heterocycles. The molecule has 32 heavy (non-hydrogen) atoms. The predicted octanol–water partition coefficient (Wildman–Crippen LogP) is 2.11. The summed E-state index contributed by atoms with van der Waals surface area (Å²) in [6, 6.07) is 9.01. The van der Waals surface area contributed by atoms with Crippen molar-refractivity contribution < 1.29 is 19.0 Å². The van der Waals surface area contributed by atoms with Gasteiger partial charge in [0.1, 0.15) is 0 Å². The van der Waals surface area contributed by atoms with Gasteiger partial charge in [0.15, 0.2) is 22.3 Å². The summed E-state index contributed by atoms with van der Waals surface area (Å²) >= 11 is 1.22. The molecule has 1 atom stereocenters. The Bertz CT molecular complexity index is 1210. The Labute approximate surface area is 188 Å². The Kier molecular flexibility index (Phi) is 5.95. The number of carbonyl (C=O) groups is 1. The molecule has 1 saturated heterocycles. The van der Waals surface area contributed by atoms with Crippen LogP contribution in [0.15, 0.2) is 46.5 Å². The van der Waals surface area contributed by atoms with Crippen LogP contribution in [-0.4, -0.2) is 45.7 Å². The van der Waals surface area contributed by atoms with Crippen LogP contribution < -0.4 is 20.3 Å². The highest BCUT2D eigenvalue weighted by atomic mass is 32.2. The van der Waals surface area contributed by atoms with Crippen LogP contribution in [0, 0.1) is 0 Å². The van der Waals surface area contributed by atoms with Crippen LogP contribution >= 0.6 is 11.8 Å². The Hall–Kier alpha value is -3.11. The zero-order valence-electron chi connectivity index (χ0n) is 17.3. The lowest BCUT2D eigenvalue weighted by Gasteiger charge is -2.16. The van der Waals surface area contributed by atoms with E-state index in [1.54, 1.807) is 22.9 Å². The van der Waals surface area contributed by atoms with Crippen molar-refractivity contribution in [3.63, 3.8) is 0 Å². The lowest BCUT2D eigenvalue weighted by molar-refractivity contribution is -0.118. The number of nitrogens with zero attached hydrogens (tertiary/aromatic N) is 3. The summed E-state index contributed by atoms with van der Waals surface area (Å²) in [6.07, 6.45) is 3.46. The standard InChI is InChI=1S/C22H22N4O5S/c27-19(24-10-14-5-6-17-18(9-14)31-13-30-17)12-32-22-25-20-16(4-1-7-23-20)21(28)26(22)11-15-3-2-8-29-15/h1,4-7,9,15H,2-3,8,10-13H2,(H,24,27). The van der Waals surface area contributed by atoms with E-state index in [9.17, 15) is 9.59 Å². The number of benzene rings is 1. The number of thioether (sulfide) groups is 1. The number of nitrogens with one attached hydrogen (secondary N) is 1. The van der Waals surface area contributed by atoms with Gasteiger partial charge in [-0.3, -0.25) is 14.2 Å². The van der Waals surface area contributed by atoms with Crippen molar-refractivity contribution in [1.29, 1.82) is 0 Å². The molecular weight excluding hydrogens is 432 g/mol. The van der Waals surface area contributed by atoms with Crippen molar-refractivity contribution in [3.05, 3.63) is 52.4 Å². The van der Waals surface area contributed by atoms with Gasteiger partial charge >= 0.3 is 0 Å². The first-order valence-electron chi connectivity index (χ1n) is 10.4. The summed E-state index contributed by atoms with van der Waals surface area (Å²) < 4.78 is 18.0. The minimum Gasteiger partial charge on any atom is -0.454 e. The van der Waals surface area contributed by atoms with Gasteiger partial charge < -0.3 is 19.5 Å². The van der Waals surface area contributed by atoms with Crippen molar-refractivity contribution in [2.24, 2.45) is 0 Å². The summed E-state index contributed by atoms with van der Waals surface area (Å²) in [5, 5.41) is 3.82. The molecular formula is C22H22N4O5S. The van der Waals surface area contributed by atoms with Gasteiger partial charge in [0.05, 0.1) is 23.8 Å². The third kappa shape index (κ3) is 4.42. The molecule has 1 fully saturated rings. The summed E-state index contributed by atoms with van der Waals surface area (Å²) in [4.78, 5) is 34.3. The molecule has 9 nitrogen and oxygen atoms in total. The van der Waals surface area contributed by atoms with Gasteiger partial charge in [0, 0.05) is 19.3 Å². The third-order valence-electron chi connectivity index (χ3n) is 5.36. The minimum atomic E-state index is -0.165. The number of carbonyl (C=O) groups excluding carboxylic acids is 1. The fraction of sp³-hybridized carbons (Fsp3) is 0.364. The molecule has 2 aliphatic rings. The molecule has 2 aliphatic heterocycles. The molecule has 1 aromatic carbocycles. The van der Waals surface area contributed by atoms with Gasteiger partial charge in [-0.2, -0.15) is 0 Å². The second-order valence-corrected chi connectivity index (χ2v) is 8.52. The number of pyridine rings is 1. The average Bonchev–Trinajstić information content (AvgIpc) is 3.50. The van der Waals surface area contributed by atoms with Crippen molar-refractivity contribution in [2.45, 2.75) is 37.2 Å². The maximum absolute atomic E-state index is 13.1. The van der Waals surface area contributed by atoms with Gasteiger partial charge in [-0.25, -0.2) is 9.97 Å². The molecule has 0 aliphatic carbocycles. The van der Waals surface area contributed by atoms with Crippen LogP contribution in [0.1, 0.15) is 18.4 Å². The Morgan fingerprint density at radius 3 is 3.03 bits per heavy atom. The second kappa shape index (κ2) is 9.17. The van der Waals surface area contributed by atoms with Crippen molar-refractivity contribution in [3.8, 4) is 11.5 Å². The van der Waals surface area contributed by atoms with Gasteiger partial charge in [0.25, 0.3) is 5.56 Å². The van der Waals surface area contributed by atoms with Crippen LogP contribution in [0.5, 0.6) is 11.5 Å². The molecule has 166 valence electrons.